The Hall–Kier alpha value is -2.63. The van der Waals surface area contributed by atoms with Crippen LogP contribution in [0.15, 0.2) is 67.3 Å². The average Bonchev–Trinajstić information content (AvgIpc) is 3.21. The maximum absolute atomic E-state index is 10.3. The highest BCUT2D eigenvalue weighted by atomic mass is 16.5. The lowest BCUT2D eigenvalue weighted by molar-refractivity contribution is 0.0638. The van der Waals surface area contributed by atoms with Crippen molar-refractivity contribution in [3.63, 3.8) is 0 Å². The van der Waals surface area contributed by atoms with Gasteiger partial charge in [0, 0.05) is 37.7 Å². The maximum Gasteiger partial charge on any atom is 0.119 e. The first kappa shape index (κ1) is 16.8. The number of rotatable bonds is 6. The highest BCUT2D eigenvalue weighted by Crippen LogP contribution is 2.19. The van der Waals surface area contributed by atoms with Crippen LogP contribution < -0.4 is 4.74 Å². The monoisotopic (exact) mass is 349 g/mol. The first-order chi connectivity index (χ1) is 12.8. The number of hydrogen-bond donors (Lipinski definition) is 1. The minimum atomic E-state index is -0.506. The van der Waals surface area contributed by atoms with Gasteiger partial charge in [-0.05, 0) is 41.8 Å². The standard InChI is InChI=1S/C21H23N3O2/c25-20(14-23-11-9-17-3-1-2-4-18(17)13-23)15-26-21-7-5-19(6-8-21)24-12-10-22-16-24/h1-8,10,12,16,20,25H,9,11,13-15H2. The Balaban J connectivity index is 1.27. The van der Waals surface area contributed by atoms with Crippen molar-refractivity contribution in [1.29, 1.82) is 0 Å². The summed E-state index contributed by atoms with van der Waals surface area (Å²) >= 11 is 0. The van der Waals surface area contributed by atoms with Crippen LogP contribution in [0.1, 0.15) is 11.1 Å². The number of aliphatic hydroxyl groups is 1. The van der Waals surface area contributed by atoms with Gasteiger partial charge in [0.1, 0.15) is 18.5 Å². The number of imidazole rings is 1. The van der Waals surface area contributed by atoms with Crippen molar-refractivity contribution in [1.82, 2.24) is 14.5 Å². The Morgan fingerprint density at radius 2 is 1.88 bits per heavy atom. The molecule has 5 heteroatoms. The molecule has 134 valence electrons. The number of hydrogen-bond acceptors (Lipinski definition) is 4. The predicted molar refractivity (Wildman–Crippen MR) is 100 cm³/mol. The molecule has 0 amide bonds. The fraction of sp³-hybridized carbons (Fsp3) is 0.286. The number of benzene rings is 2. The molecule has 1 aliphatic heterocycles. The number of aliphatic hydroxyl groups excluding tert-OH is 1. The van der Waals surface area contributed by atoms with Crippen LogP contribution in [-0.4, -0.2) is 45.4 Å². The van der Waals surface area contributed by atoms with Crippen LogP contribution in [0.5, 0.6) is 5.75 Å². The summed E-state index contributed by atoms with van der Waals surface area (Å²) in [6.07, 6.45) is 5.94. The normalized spacial score (nSPS) is 15.4. The summed E-state index contributed by atoms with van der Waals surface area (Å²) in [6, 6.07) is 16.3. The molecule has 1 atom stereocenters. The van der Waals surface area contributed by atoms with Gasteiger partial charge in [-0.3, -0.25) is 4.90 Å². The second kappa shape index (κ2) is 7.72. The molecule has 0 aliphatic carbocycles. The zero-order valence-corrected chi connectivity index (χ0v) is 14.7. The van der Waals surface area contributed by atoms with Gasteiger partial charge in [-0.25, -0.2) is 4.98 Å². The molecule has 0 saturated heterocycles. The Morgan fingerprint density at radius 3 is 2.65 bits per heavy atom. The fourth-order valence-electron chi connectivity index (χ4n) is 3.38. The Morgan fingerprint density at radius 1 is 1.08 bits per heavy atom. The van der Waals surface area contributed by atoms with E-state index in [0.717, 1.165) is 30.9 Å². The van der Waals surface area contributed by atoms with Crippen molar-refractivity contribution >= 4 is 0 Å². The summed E-state index contributed by atoms with van der Waals surface area (Å²) in [5.74, 6) is 0.761. The molecule has 2 aromatic carbocycles. The van der Waals surface area contributed by atoms with E-state index in [1.54, 1.807) is 12.5 Å². The van der Waals surface area contributed by atoms with Gasteiger partial charge in [0.2, 0.25) is 0 Å². The molecule has 0 saturated carbocycles. The SMILES string of the molecule is OC(COc1ccc(-n2ccnc2)cc1)CN1CCc2ccccc2C1. The van der Waals surface area contributed by atoms with Crippen LogP contribution in [0.25, 0.3) is 5.69 Å². The van der Waals surface area contributed by atoms with Crippen molar-refractivity contribution in [2.75, 3.05) is 19.7 Å². The largest absolute Gasteiger partial charge is 0.491 e. The summed E-state index contributed by atoms with van der Waals surface area (Å²) < 4.78 is 7.69. The van der Waals surface area contributed by atoms with Crippen LogP contribution in [0.2, 0.25) is 0 Å². The van der Waals surface area contributed by atoms with Crippen molar-refractivity contribution < 1.29 is 9.84 Å². The molecule has 2 heterocycles. The second-order valence-corrected chi connectivity index (χ2v) is 6.68. The Labute approximate surface area is 153 Å². The van der Waals surface area contributed by atoms with Crippen molar-refractivity contribution in [3.05, 3.63) is 78.4 Å². The van der Waals surface area contributed by atoms with Gasteiger partial charge in [-0.2, -0.15) is 0 Å². The molecule has 5 nitrogen and oxygen atoms in total. The first-order valence-corrected chi connectivity index (χ1v) is 8.96. The summed E-state index contributed by atoms with van der Waals surface area (Å²) in [4.78, 5) is 6.33. The lowest BCUT2D eigenvalue weighted by atomic mass is 10.00. The minimum absolute atomic E-state index is 0.294. The fourth-order valence-corrected chi connectivity index (χ4v) is 3.38. The molecular weight excluding hydrogens is 326 g/mol. The van der Waals surface area contributed by atoms with Gasteiger partial charge >= 0.3 is 0 Å². The van der Waals surface area contributed by atoms with Gasteiger partial charge in [-0.15, -0.1) is 0 Å². The zero-order chi connectivity index (χ0) is 17.8. The highest BCUT2D eigenvalue weighted by molar-refractivity contribution is 5.37. The van der Waals surface area contributed by atoms with Crippen molar-refractivity contribution in [3.8, 4) is 11.4 Å². The van der Waals surface area contributed by atoms with E-state index in [1.165, 1.54) is 11.1 Å². The van der Waals surface area contributed by atoms with E-state index in [9.17, 15) is 5.11 Å². The molecule has 3 aromatic rings. The average molecular weight is 349 g/mol. The molecule has 0 fully saturated rings. The third-order valence-electron chi connectivity index (χ3n) is 4.76. The maximum atomic E-state index is 10.3. The number of fused-ring (bicyclic) bond motifs is 1. The minimum Gasteiger partial charge on any atom is -0.491 e. The van der Waals surface area contributed by atoms with Gasteiger partial charge < -0.3 is 14.4 Å². The van der Waals surface area contributed by atoms with E-state index in [1.807, 2.05) is 35.0 Å². The van der Waals surface area contributed by atoms with E-state index >= 15 is 0 Å². The van der Waals surface area contributed by atoms with Crippen LogP contribution in [0.3, 0.4) is 0 Å². The van der Waals surface area contributed by atoms with E-state index in [4.69, 9.17) is 4.74 Å². The predicted octanol–water partition coefficient (Wildman–Crippen LogP) is 2.67. The summed E-state index contributed by atoms with van der Waals surface area (Å²) in [5, 5.41) is 10.3. The second-order valence-electron chi connectivity index (χ2n) is 6.68. The first-order valence-electron chi connectivity index (χ1n) is 8.96. The van der Waals surface area contributed by atoms with Crippen LogP contribution >= 0.6 is 0 Å². The zero-order valence-electron chi connectivity index (χ0n) is 14.7. The molecule has 1 aliphatic rings. The van der Waals surface area contributed by atoms with Gasteiger partial charge in [0.25, 0.3) is 0 Å². The topological polar surface area (TPSA) is 50.5 Å². The van der Waals surface area contributed by atoms with Gasteiger partial charge in [0.15, 0.2) is 0 Å². The molecule has 0 spiro atoms. The molecule has 1 aromatic heterocycles. The molecule has 1 N–H and O–H groups in total. The molecule has 0 radical (unpaired) electrons. The summed E-state index contributed by atoms with van der Waals surface area (Å²) in [5.41, 5.74) is 3.82. The smallest absolute Gasteiger partial charge is 0.119 e. The molecule has 4 rings (SSSR count). The van der Waals surface area contributed by atoms with Gasteiger partial charge in [0.05, 0.1) is 6.33 Å². The van der Waals surface area contributed by atoms with Crippen molar-refractivity contribution in [2.24, 2.45) is 0 Å². The van der Waals surface area contributed by atoms with E-state index in [-0.39, 0.29) is 0 Å². The number of aromatic nitrogens is 2. The molecule has 26 heavy (non-hydrogen) atoms. The number of ether oxygens (including phenoxy) is 1. The van der Waals surface area contributed by atoms with E-state index < -0.39 is 6.10 Å². The van der Waals surface area contributed by atoms with Crippen LogP contribution in [-0.2, 0) is 13.0 Å². The van der Waals surface area contributed by atoms with Crippen LogP contribution in [0.4, 0.5) is 0 Å². The van der Waals surface area contributed by atoms with Crippen molar-refractivity contribution in [2.45, 2.75) is 19.1 Å². The Bertz CT molecular complexity index is 831. The number of β-amino-alcohol motifs (C(OH)–C–C–N with tert-alkyl or cyclic N) is 1. The molecule has 1 unspecified atom stereocenters. The summed E-state index contributed by atoms with van der Waals surface area (Å²) in [6.45, 7) is 2.80. The van der Waals surface area contributed by atoms with Crippen LogP contribution in [0, 0.1) is 0 Å². The third kappa shape index (κ3) is 3.95. The van der Waals surface area contributed by atoms with E-state index in [2.05, 4.69) is 34.1 Å². The van der Waals surface area contributed by atoms with Gasteiger partial charge in [-0.1, -0.05) is 24.3 Å². The quantitative estimate of drug-likeness (QED) is 0.743. The molecular formula is C21H23N3O2. The highest BCUT2D eigenvalue weighted by Gasteiger charge is 2.18. The summed E-state index contributed by atoms with van der Waals surface area (Å²) in [7, 11) is 0. The Kier molecular flexibility index (Phi) is 5.00. The lowest BCUT2D eigenvalue weighted by Gasteiger charge is -2.30. The number of nitrogens with zero attached hydrogens (tertiary/aromatic N) is 3. The van der Waals surface area contributed by atoms with E-state index in [0.29, 0.717) is 13.2 Å². The lowest BCUT2D eigenvalue weighted by Crippen LogP contribution is -2.38. The molecule has 0 bridgehead atoms. The third-order valence-corrected chi connectivity index (χ3v) is 4.76.